The van der Waals surface area contributed by atoms with E-state index >= 15 is 0 Å². The number of halogens is 1. The van der Waals surface area contributed by atoms with E-state index in [0.717, 1.165) is 31.2 Å². The van der Waals surface area contributed by atoms with Crippen molar-refractivity contribution in [3.05, 3.63) is 30.1 Å². The number of hydrogen-bond donors (Lipinski definition) is 1. The van der Waals surface area contributed by atoms with E-state index in [0.29, 0.717) is 18.8 Å². The number of nitrogens with zero attached hydrogens (tertiary/aromatic N) is 1. The van der Waals surface area contributed by atoms with E-state index in [9.17, 15) is 8.42 Å². The van der Waals surface area contributed by atoms with Gasteiger partial charge >= 0.3 is 0 Å². The molecule has 0 aliphatic carbocycles. The van der Waals surface area contributed by atoms with Gasteiger partial charge in [0, 0.05) is 24.8 Å². The molecule has 1 heterocycles. The molecule has 0 atom stereocenters. The average molecular weight is 305 g/mol. The van der Waals surface area contributed by atoms with Gasteiger partial charge in [0.1, 0.15) is 0 Å². The summed E-state index contributed by atoms with van der Waals surface area (Å²) in [6.45, 7) is 0.515. The smallest absolute Gasteiger partial charge is 0.211 e. The van der Waals surface area contributed by atoms with Crippen molar-refractivity contribution in [2.24, 2.45) is 0 Å². The molecule has 0 radical (unpaired) electrons. The first-order chi connectivity index (χ1) is 9.14. The molecule has 0 aliphatic rings. The quantitative estimate of drug-likeness (QED) is 0.533. The van der Waals surface area contributed by atoms with Crippen molar-refractivity contribution in [3.8, 4) is 0 Å². The topological polar surface area (TPSA) is 59.1 Å². The number of nitrogens with one attached hydrogen (secondary N) is 1. The van der Waals surface area contributed by atoms with Gasteiger partial charge in [-0.05, 0) is 37.0 Å². The zero-order valence-electron chi connectivity index (χ0n) is 11.0. The summed E-state index contributed by atoms with van der Waals surface area (Å²) >= 11 is 5.57. The highest BCUT2D eigenvalue weighted by atomic mass is 35.5. The van der Waals surface area contributed by atoms with Gasteiger partial charge in [0.2, 0.25) is 10.0 Å². The number of unbranched alkanes of at least 4 members (excludes halogenated alkanes) is 3. The van der Waals surface area contributed by atoms with Crippen LogP contribution in [-0.4, -0.2) is 31.6 Å². The Bertz CT molecular complexity index is 437. The van der Waals surface area contributed by atoms with Crippen molar-refractivity contribution in [1.29, 1.82) is 0 Å². The average Bonchev–Trinajstić information content (AvgIpc) is 2.42. The number of hydrogen-bond acceptors (Lipinski definition) is 3. The van der Waals surface area contributed by atoms with Crippen molar-refractivity contribution < 1.29 is 8.42 Å². The van der Waals surface area contributed by atoms with Crippen LogP contribution in [0.2, 0.25) is 0 Å². The fourth-order valence-electron chi connectivity index (χ4n) is 1.67. The summed E-state index contributed by atoms with van der Waals surface area (Å²) in [7, 11) is -3.17. The van der Waals surface area contributed by atoms with Crippen LogP contribution in [0.3, 0.4) is 0 Å². The Kier molecular flexibility index (Phi) is 8.02. The molecule has 1 N–H and O–H groups in total. The van der Waals surface area contributed by atoms with Gasteiger partial charge in [-0.1, -0.05) is 12.8 Å². The number of sulfonamides is 1. The maximum absolute atomic E-state index is 11.7. The third-order valence-electron chi connectivity index (χ3n) is 2.79. The molecule has 108 valence electrons. The van der Waals surface area contributed by atoms with Crippen molar-refractivity contribution in [2.75, 3.05) is 18.2 Å². The first kappa shape index (κ1) is 16.4. The highest BCUT2D eigenvalue weighted by Crippen LogP contribution is 2.02. The highest BCUT2D eigenvalue weighted by molar-refractivity contribution is 7.89. The van der Waals surface area contributed by atoms with E-state index in [2.05, 4.69) is 9.71 Å². The number of alkyl halides is 1. The molecule has 0 amide bonds. The molecule has 1 aromatic rings. The fourth-order valence-corrected chi connectivity index (χ4v) is 2.97. The molecular formula is C13H21ClN2O2S. The molecule has 19 heavy (non-hydrogen) atoms. The number of pyridine rings is 1. The number of rotatable bonds is 10. The van der Waals surface area contributed by atoms with E-state index < -0.39 is 10.0 Å². The van der Waals surface area contributed by atoms with Crippen LogP contribution >= 0.6 is 11.6 Å². The Morgan fingerprint density at radius 3 is 2.47 bits per heavy atom. The van der Waals surface area contributed by atoms with Gasteiger partial charge in [0.25, 0.3) is 0 Å². The molecule has 1 rings (SSSR count). The van der Waals surface area contributed by atoms with Gasteiger partial charge in [-0.3, -0.25) is 4.98 Å². The van der Waals surface area contributed by atoms with Gasteiger partial charge in [-0.25, -0.2) is 13.1 Å². The number of aryl methyl sites for hydroxylation is 1. The second-order valence-corrected chi connectivity index (χ2v) is 6.73. The Balaban J connectivity index is 2.17. The third-order valence-corrected chi connectivity index (χ3v) is 4.44. The Morgan fingerprint density at radius 1 is 1.11 bits per heavy atom. The second-order valence-electron chi connectivity index (χ2n) is 4.42. The van der Waals surface area contributed by atoms with Gasteiger partial charge in [0.15, 0.2) is 0 Å². The molecule has 0 saturated carbocycles. The van der Waals surface area contributed by atoms with Crippen LogP contribution in [0.15, 0.2) is 24.5 Å². The lowest BCUT2D eigenvalue weighted by molar-refractivity contribution is 0.573. The minimum Gasteiger partial charge on any atom is -0.265 e. The first-order valence-corrected chi connectivity index (χ1v) is 8.75. The summed E-state index contributed by atoms with van der Waals surface area (Å²) < 4.78 is 26.1. The predicted octanol–water partition coefficient (Wildman–Crippen LogP) is 2.34. The highest BCUT2D eigenvalue weighted by Gasteiger charge is 2.09. The summed E-state index contributed by atoms with van der Waals surface area (Å²) in [6, 6.07) is 3.67. The summed E-state index contributed by atoms with van der Waals surface area (Å²) in [5, 5.41) is 0. The van der Waals surface area contributed by atoms with Crippen LogP contribution < -0.4 is 4.72 Å². The van der Waals surface area contributed by atoms with Crippen LogP contribution in [0.1, 0.15) is 31.2 Å². The van der Waals surface area contributed by atoms with Gasteiger partial charge in [-0.15, -0.1) is 11.6 Å². The van der Waals surface area contributed by atoms with E-state index in [4.69, 9.17) is 11.6 Å². The first-order valence-electron chi connectivity index (χ1n) is 6.56. The molecule has 6 heteroatoms. The molecular weight excluding hydrogens is 284 g/mol. The molecule has 0 bridgehead atoms. The van der Waals surface area contributed by atoms with Crippen LogP contribution in [0.5, 0.6) is 0 Å². The zero-order valence-corrected chi connectivity index (χ0v) is 12.6. The standard InChI is InChI=1S/C13H21ClN2O2S/c14-8-3-1-2-4-9-16-19(17,18)12-7-13-5-10-15-11-6-13/h5-6,10-11,16H,1-4,7-9,12H2. The minimum absolute atomic E-state index is 0.124. The van der Waals surface area contributed by atoms with Crippen molar-refractivity contribution in [2.45, 2.75) is 32.1 Å². The van der Waals surface area contributed by atoms with Gasteiger partial charge in [-0.2, -0.15) is 0 Å². The summed E-state index contributed by atoms with van der Waals surface area (Å²) in [4.78, 5) is 3.90. The maximum atomic E-state index is 11.7. The Hall–Kier alpha value is -0.650. The summed E-state index contributed by atoms with van der Waals surface area (Å²) in [5.41, 5.74) is 0.988. The lowest BCUT2D eigenvalue weighted by Gasteiger charge is -2.06. The predicted molar refractivity (Wildman–Crippen MR) is 78.9 cm³/mol. The SMILES string of the molecule is O=S(=O)(CCc1ccncc1)NCCCCCCCl. The van der Waals surface area contributed by atoms with Gasteiger partial charge < -0.3 is 0 Å². The Morgan fingerprint density at radius 2 is 1.79 bits per heavy atom. The largest absolute Gasteiger partial charge is 0.265 e. The Labute approximate surface area is 120 Å². The number of aromatic nitrogens is 1. The molecule has 0 saturated heterocycles. The van der Waals surface area contributed by atoms with Crippen LogP contribution in [0.4, 0.5) is 0 Å². The van der Waals surface area contributed by atoms with Gasteiger partial charge in [0.05, 0.1) is 5.75 Å². The van der Waals surface area contributed by atoms with Crippen molar-refractivity contribution in [1.82, 2.24) is 9.71 Å². The van der Waals surface area contributed by atoms with Crippen molar-refractivity contribution in [3.63, 3.8) is 0 Å². The molecule has 4 nitrogen and oxygen atoms in total. The lowest BCUT2D eigenvalue weighted by atomic mass is 10.2. The van der Waals surface area contributed by atoms with Crippen LogP contribution in [0.25, 0.3) is 0 Å². The molecule has 1 aromatic heterocycles. The molecule has 0 aliphatic heterocycles. The van der Waals surface area contributed by atoms with E-state index in [1.807, 2.05) is 12.1 Å². The zero-order chi connectivity index (χ0) is 14.0. The molecule has 0 unspecified atom stereocenters. The van der Waals surface area contributed by atoms with E-state index in [1.165, 1.54) is 0 Å². The molecule has 0 fully saturated rings. The van der Waals surface area contributed by atoms with Crippen LogP contribution in [0, 0.1) is 0 Å². The lowest BCUT2D eigenvalue weighted by Crippen LogP contribution is -2.28. The monoisotopic (exact) mass is 304 g/mol. The normalized spacial score (nSPS) is 11.6. The minimum atomic E-state index is -3.17. The molecule has 0 aromatic carbocycles. The summed E-state index contributed by atoms with van der Waals surface area (Å²) in [5.74, 6) is 0.802. The molecule has 0 spiro atoms. The third kappa shape index (κ3) is 8.18. The summed E-state index contributed by atoms with van der Waals surface area (Å²) in [6.07, 6.45) is 7.80. The van der Waals surface area contributed by atoms with Crippen LogP contribution in [-0.2, 0) is 16.4 Å². The van der Waals surface area contributed by atoms with E-state index in [1.54, 1.807) is 12.4 Å². The maximum Gasteiger partial charge on any atom is 0.211 e. The van der Waals surface area contributed by atoms with E-state index in [-0.39, 0.29) is 5.75 Å². The van der Waals surface area contributed by atoms with Crippen molar-refractivity contribution >= 4 is 21.6 Å². The fraction of sp³-hybridized carbons (Fsp3) is 0.615. The second kappa shape index (κ2) is 9.28.